The van der Waals surface area contributed by atoms with E-state index < -0.39 is 30.1 Å². The fourth-order valence-electron chi connectivity index (χ4n) is 4.16. The van der Waals surface area contributed by atoms with Crippen molar-refractivity contribution in [3.05, 3.63) is 83.9 Å². The molecule has 10 nitrogen and oxygen atoms in total. The van der Waals surface area contributed by atoms with Gasteiger partial charge >= 0.3 is 12.1 Å². The zero-order valence-electron chi connectivity index (χ0n) is 22.7. The van der Waals surface area contributed by atoms with Gasteiger partial charge in [-0.2, -0.15) is 0 Å². The first-order chi connectivity index (χ1) is 19.4. The maximum atomic E-state index is 13.2. The molecule has 214 valence electrons. The van der Waals surface area contributed by atoms with E-state index in [0.29, 0.717) is 6.54 Å². The molecule has 0 aromatic heterocycles. The lowest BCUT2D eigenvalue weighted by Crippen LogP contribution is -2.45. The van der Waals surface area contributed by atoms with Crippen molar-refractivity contribution in [2.75, 3.05) is 19.8 Å². The summed E-state index contributed by atoms with van der Waals surface area (Å²) < 4.78 is 10.6. The second-order valence-electron chi connectivity index (χ2n) is 9.67. The number of hydrogen-bond donors (Lipinski definition) is 3. The number of nitrogens with zero attached hydrogens (tertiary/aromatic N) is 1. The van der Waals surface area contributed by atoms with Crippen LogP contribution < -0.4 is 10.6 Å². The third kappa shape index (κ3) is 10.2. The summed E-state index contributed by atoms with van der Waals surface area (Å²) in [6, 6.07) is 17.1. The van der Waals surface area contributed by atoms with Crippen molar-refractivity contribution in [2.45, 2.75) is 51.4 Å². The molecule has 0 aliphatic carbocycles. The largest absolute Gasteiger partial charge is 0.462 e. The summed E-state index contributed by atoms with van der Waals surface area (Å²) in [5.74, 6) is -1.89. The second kappa shape index (κ2) is 16.0. The molecule has 0 fully saturated rings. The van der Waals surface area contributed by atoms with E-state index >= 15 is 0 Å². The molecule has 3 N–H and O–H groups in total. The number of aliphatic hydroxyl groups is 1. The summed E-state index contributed by atoms with van der Waals surface area (Å²) in [6.07, 6.45) is 2.97. The number of amides is 3. The molecule has 2 aromatic carbocycles. The Morgan fingerprint density at radius 1 is 1.02 bits per heavy atom. The number of alkyl carbamates (subject to hydrolysis) is 1. The van der Waals surface area contributed by atoms with E-state index in [1.807, 2.05) is 60.7 Å². The van der Waals surface area contributed by atoms with Crippen molar-refractivity contribution in [2.24, 2.45) is 5.92 Å². The van der Waals surface area contributed by atoms with E-state index in [1.165, 1.54) is 4.90 Å². The van der Waals surface area contributed by atoms with Gasteiger partial charge in [-0.1, -0.05) is 72.8 Å². The van der Waals surface area contributed by atoms with Gasteiger partial charge in [-0.15, -0.1) is 0 Å². The smallest absolute Gasteiger partial charge is 0.408 e. The second-order valence-corrected chi connectivity index (χ2v) is 9.67. The molecule has 40 heavy (non-hydrogen) atoms. The maximum Gasteiger partial charge on any atom is 0.408 e. The fraction of sp³-hybridized carbons (Fsp3) is 0.400. The summed E-state index contributed by atoms with van der Waals surface area (Å²) in [5, 5.41) is 14.9. The number of benzene rings is 2. The highest BCUT2D eigenvalue weighted by molar-refractivity contribution is 5.86. The van der Waals surface area contributed by atoms with Gasteiger partial charge in [0.2, 0.25) is 11.8 Å². The molecule has 1 heterocycles. The molecule has 2 aromatic rings. The number of nitrogens with one attached hydrogen (secondary N) is 2. The number of aliphatic hydroxyl groups excluding tert-OH is 1. The first kappa shape index (κ1) is 30.4. The Kier molecular flexibility index (Phi) is 12.2. The summed E-state index contributed by atoms with van der Waals surface area (Å²) in [4.78, 5) is 52.7. The lowest BCUT2D eigenvalue weighted by molar-refractivity contribution is -0.147. The minimum atomic E-state index is -0.979. The number of carbonyl (C=O) groups is 4. The minimum Gasteiger partial charge on any atom is -0.462 e. The molecule has 0 bridgehead atoms. The topological polar surface area (TPSA) is 134 Å². The van der Waals surface area contributed by atoms with E-state index in [1.54, 1.807) is 19.1 Å². The average molecular weight is 552 g/mol. The Bertz CT molecular complexity index is 1140. The summed E-state index contributed by atoms with van der Waals surface area (Å²) in [6.45, 7) is 1.93. The Morgan fingerprint density at radius 2 is 1.68 bits per heavy atom. The first-order valence-corrected chi connectivity index (χ1v) is 13.4. The molecule has 3 rings (SSSR count). The third-order valence-corrected chi connectivity index (χ3v) is 6.34. The lowest BCUT2D eigenvalue weighted by Gasteiger charge is -2.25. The van der Waals surface area contributed by atoms with Gasteiger partial charge in [-0.3, -0.25) is 9.59 Å². The highest BCUT2D eigenvalue weighted by Crippen LogP contribution is 2.16. The number of rotatable bonds is 9. The van der Waals surface area contributed by atoms with E-state index in [-0.39, 0.29) is 57.4 Å². The normalized spacial score (nSPS) is 19.8. The Hall–Kier alpha value is -4.18. The molecule has 0 saturated heterocycles. The highest BCUT2D eigenvalue weighted by Gasteiger charge is 2.27. The van der Waals surface area contributed by atoms with Crippen LogP contribution in [-0.4, -0.2) is 65.7 Å². The predicted octanol–water partition coefficient (Wildman–Crippen LogP) is 2.71. The quantitative estimate of drug-likeness (QED) is 0.322. The molecule has 3 atom stereocenters. The van der Waals surface area contributed by atoms with Crippen LogP contribution in [0.3, 0.4) is 0 Å². The number of esters is 1. The number of ether oxygens (including phenoxy) is 2. The van der Waals surface area contributed by atoms with Crippen LogP contribution in [0.4, 0.5) is 4.79 Å². The van der Waals surface area contributed by atoms with Crippen molar-refractivity contribution >= 4 is 23.9 Å². The molecule has 0 saturated carbocycles. The average Bonchev–Trinajstić information content (AvgIpc) is 2.96. The van der Waals surface area contributed by atoms with Crippen LogP contribution in [0.2, 0.25) is 0 Å². The van der Waals surface area contributed by atoms with Crippen molar-refractivity contribution in [1.82, 2.24) is 15.5 Å². The van der Waals surface area contributed by atoms with Gasteiger partial charge in [0, 0.05) is 19.5 Å². The Labute approximate surface area is 234 Å². The van der Waals surface area contributed by atoms with Crippen LogP contribution in [0.15, 0.2) is 72.8 Å². The maximum absolute atomic E-state index is 13.2. The van der Waals surface area contributed by atoms with Gasteiger partial charge in [0.15, 0.2) is 0 Å². The zero-order chi connectivity index (χ0) is 28.7. The predicted molar refractivity (Wildman–Crippen MR) is 148 cm³/mol. The van der Waals surface area contributed by atoms with Gasteiger partial charge in [0.05, 0.1) is 18.6 Å². The molecular formula is C30H37N3O7. The third-order valence-electron chi connectivity index (χ3n) is 6.34. The van der Waals surface area contributed by atoms with E-state index in [2.05, 4.69) is 10.6 Å². The van der Waals surface area contributed by atoms with Crippen LogP contribution in [-0.2, 0) is 37.0 Å². The van der Waals surface area contributed by atoms with Crippen LogP contribution in [0.5, 0.6) is 0 Å². The SMILES string of the molecule is CC1COC(=O)C(NC(=O)OCc2ccccc2)CC=CCC(CC(=O)N(CCO)Cc2ccccc2)C(=O)N1. The Morgan fingerprint density at radius 3 is 2.35 bits per heavy atom. The summed E-state index contributed by atoms with van der Waals surface area (Å²) >= 11 is 0. The fourth-order valence-corrected chi connectivity index (χ4v) is 4.16. The number of carbonyl (C=O) groups excluding carboxylic acids is 4. The number of cyclic esters (lactones) is 1. The molecule has 0 spiro atoms. The Balaban J connectivity index is 1.63. The van der Waals surface area contributed by atoms with Gasteiger partial charge in [-0.05, 0) is 30.9 Å². The standard InChI is InChI=1S/C30H37N3O7/c1-22-20-39-29(37)26(32-30(38)40-21-24-12-6-3-7-13-24)15-9-8-14-25(28(36)31-22)18-27(35)33(16-17-34)19-23-10-4-2-5-11-23/h2-13,22,25-26,34H,14-21H2,1H3,(H,31,36)(H,32,38). The van der Waals surface area contributed by atoms with E-state index in [4.69, 9.17) is 9.47 Å². The lowest BCUT2D eigenvalue weighted by atomic mass is 9.97. The molecule has 3 unspecified atom stereocenters. The van der Waals surface area contributed by atoms with Crippen LogP contribution in [0.25, 0.3) is 0 Å². The molecule has 0 radical (unpaired) electrons. The van der Waals surface area contributed by atoms with E-state index in [9.17, 15) is 24.3 Å². The van der Waals surface area contributed by atoms with Crippen molar-refractivity contribution in [3.63, 3.8) is 0 Å². The van der Waals surface area contributed by atoms with Gasteiger partial charge in [0.25, 0.3) is 0 Å². The van der Waals surface area contributed by atoms with Crippen molar-refractivity contribution < 1.29 is 33.8 Å². The highest BCUT2D eigenvalue weighted by atomic mass is 16.6. The molecular weight excluding hydrogens is 514 g/mol. The number of hydrogen-bond acceptors (Lipinski definition) is 7. The van der Waals surface area contributed by atoms with Crippen molar-refractivity contribution in [1.29, 1.82) is 0 Å². The zero-order valence-corrected chi connectivity index (χ0v) is 22.7. The van der Waals surface area contributed by atoms with Gasteiger partial charge in [0.1, 0.15) is 19.3 Å². The summed E-state index contributed by atoms with van der Waals surface area (Å²) in [5.41, 5.74) is 1.73. The van der Waals surface area contributed by atoms with Gasteiger partial charge < -0.3 is 30.1 Å². The molecule has 1 aliphatic rings. The van der Waals surface area contributed by atoms with Crippen LogP contribution in [0.1, 0.15) is 37.3 Å². The van der Waals surface area contributed by atoms with Crippen LogP contribution in [0, 0.1) is 5.92 Å². The van der Waals surface area contributed by atoms with Crippen molar-refractivity contribution in [3.8, 4) is 0 Å². The monoisotopic (exact) mass is 551 g/mol. The van der Waals surface area contributed by atoms with E-state index in [0.717, 1.165) is 11.1 Å². The molecule has 10 heteroatoms. The summed E-state index contributed by atoms with van der Waals surface area (Å²) in [7, 11) is 0. The molecule has 1 aliphatic heterocycles. The number of allylic oxidation sites excluding steroid dienone is 1. The van der Waals surface area contributed by atoms with Crippen LogP contribution >= 0.6 is 0 Å². The first-order valence-electron chi connectivity index (χ1n) is 13.4. The minimum absolute atomic E-state index is 0.0526. The molecule has 3 amide bonds. The van der Waals surface area contributed by atoms with Gasteiger partial charge in [-0.25, -0.2) is 9.59 Å².